The second-order valence-corrected chi connectivity index (χ2v) is 3.68. The lowest BCUT2D eigenvalue weighted by Gasteiger charge is -2.10. The first-order valence-corrected chi connectivity index (χ1v) is 5.00. The van der Waals surface area contributed by atoms with E-state index >= 15 is 0 Å². The fourth-order valence-electron chi connectivity index (χ4n) is 1.72. The summed E-state index contributed by atoms with van der Waals surface area (Å²) < 4.78 is 43.6. The van der Waals surface area contributed by atoms with Crippen LogP contribution >= 0.6 is 0 Å². The van der Waals surface area contributed by atoms with Crippen LogP contribution in [0.5, 0.6) is 0 Å². The van der Waals surface area contributed by atoms with Crippen LogP contribution < -0.4 is 0 Å². The van der Waals surface area contributed by atoms with Gasteiger partial charge in [-0.05, 0) is 13.0 Å². The standard InChI is InChI=1S/C12H10F3NO/c1-7-11(16-8(2)17-7)9-5-3-4-6-10(9)12(13,14)15/h3-6H,1-2H3. The SMILES string of the molecule is Cc1nc(-c2ccccc2C(F)(F)F)c(C)o1. The minimum absolute atomic E-state index is 0.0503. The lowest BCUT2D eigenvalue weighted by Crippen LogP contribution is -2.07. The van der Waals surface area contributed by atoms with Crippen molar-refractivity contribution in [1.82, 2.24) is 4.98 Å². The van der Waals surface area contributed by atoms with Crippen molar-refractivity contribution in [2.45, 2.75) is 20.0 Å². The molecule has 0 aliphatic heterocycles. The van der Waals surface area contributed by atoms with Crippen LogP contribution in [0.15, 0.2) is 28.7 Å². The topological polar surface area (TPSA) is 26.0 Å². The van der Waals surface area contributed by atoms with Gasteiger partial charge in [0.1, 0.15) is 11.5 Å². The molecule has 0 N–H and O–H groups in total. The van der Waals surface area contributed by atoms with Crippen molar-refractivity contribution in [3.63, 3.8) is 0 Å². The van der Waals surface area contributed by atoms with Gasteiger partial charge in [0.25, 0.3) is 0 Å². The Bertz CT molecular complexity index is 543. The van der Waals surface area contributed by atoms with Crippen molar-refractivity contribution in [1.29, 1.82) is 0 Å². The summed E-state index contributed by atoms with van der Waals surface area (Å²) in [7, 11) is 0. The first kappa shape index (κ1) is 11.7. The summed E-state index contributed by atoms with van der Waals surface area (Å²) in [5.41, 5.74) is -0.402. The predicted molar refractivity (Wildman–Crippen MR) is 56.4 cm³/mol. The van der Waals surface area contributed by atoms with E-state index in [-0.39, 0.29) is 11.3 Å². The smallest absolute Gasteiger partial charge is 0.417 e. The first-order valence-electron chi connectivity index (χ1n) is 5.00. The molecule has 0 aliphatic rings. The summed E-state index contributed by atoms with van der Waals surface area (Å²) in [6.45, 7) is 3.20. The molecular weight excluding hydrogens is 231 g/mol. The number of oxazole rings is 1. The molecule has 0 saturated carbocycles. The fraction of sp³-hybridized carbons (Fsp3) is 0.250. The van der Waals surface area contributed by atoms with Crippen molar-refractivity contribution in [2.75, 3.05) is 0 Å². The van der Waals surface area contributed by atoms with Crippen LogP contribution in [-0.4, -0.2) is 4.98 Å². The van der Waals surface area contributed by atoms with Gasteiger partial charge in [0, 0.05) is 12.5 Å². The Kier molecular flexibility index (Phi) is 2.69. The highest BCUT2D eigenvalue weighted by Crippen LogP contribution is 2.37. The summed E-state index contributed by atoms with van der Waals surface area (Å²) in [5.74, 6) is 0.744. The average molecular weight is 241 g/mol. The Hall–Kier alpha value is -1.78. The molecule has 17 heavy (non-hydrogen) atoms. The molecule has 0 aliphatic carbocycles. The average Bonchev–Trinajstić information content (AvgIpc) is 2.56. The Morgan fingerprint density at radius 2 is 1.76 bits per heavy atom. The van der Waals surface area contributed by atoms with Gasteiger partial charge in [-0.3, -0.25) is 0 Å². The molecule has 0 atom stereocenters. The lowest BCUT2D eigenvalue weighted by atomic mass is 10.0. The predicted octanol–water partition coefficient (Wildman–Crippen LogP) is 3.98. The monoisotopic (exact) mass is 241 g/mol. The van der Waals surface area contributed by atoms with Crippen LogP contribution in [0.2, 0.25) is 0 Å². The van der Waals surface area contributed by atoms with Crippen molar-refractivity contribution in [2.24, 2.45) is 0 Å². The van der Waals surface area contributed by atoms with E-state index in [0.717, 1.165) is 6.07 Å². The summed E-state index contributed by atoms with van der Waals surface area (Å²) in [4.78, 5) is 3.99. The van der Waals surface area contributed by atoms with E-state index in [1.165, 1.54) is 12.1 Å². The molecule has 2 nitrogen and oxygen atoms in total. The van der Waals surface area contributed by atoms with Crippen LogP contribution in [-0.2, 0) is 6.18 Å². The maximum Gasteiger partial charge on any atom is 0.417 e. The van der Waals surface area contributed by atoms with Gasteiger partial charge < -0.3 is 4.42 Å². The van der Waals surface area contributed by atoms with Gasteiger partial charge in [-0.25, -0.2) is 4.98 Å². The van der Waals surface area contributed by atoms with Gasteiger partial charge in [0.05, 0.1) is 5.56 Å². The van der Waals surface area contributed by atoms with Crippen LogP contribution in [0.25, 0.3) is 11.3 Å². The Labute approximate surface area is 96.1 Å². The van der Waals surface area contributed by atoms with Crippen LogP contribution in [0.3, 0.4) is 0 Å². The molecule has 0 saturated heterocycles. The molecule has 0 spiro atoms. The van der Waals surface area contributed by atoms with E-state index in [1.807, 2.05) is 0 Å². The molecule has 0 fully saturated rings. The van der Waals surface area contributed by atoms with Gasteiger partial charge in [0.15, 0.2) is 5.89 Å². The largest absolute Gasteiger partial charge is 0.446 e. The van der Waals surface area contributed by atoms with Gasteiger partial charge in [-0.1, -0.05) is 18.2 Å². The van der Waals surface area contributed by atoms with Gasteiger partial charge in [-0.2, -0.15) is 13.2 Å². The van der Waals surface area contributed by atoms with Gasteiger partial charge in [0.2, 0.25) is 0 Å². The van der Waals surface area contributed by atoms with Crippen molar-refractivity contribution in [3.05, 3.63) is 41.5 Å². The summed E-state index contributed by atoms with van der Waals surface area (Å²) in [6.07, 6.45) is -4.39. The molecule has 1 aromatic carbocycles. The van der Waals surface area contributed by atoms with Gasteiger partial charge in [-0.15, -0.1) is 0 Å². The minimum atomic E-state index is -4.39. The maximum absolute atomic E-state index is 12.8. The van der Waals surface area contributed by atoms with E-state index < -0.39 is 11.7 Å². The van der Waals surface area contributed by atoms with E-state index in [2.05, 4.69) is 4.98 Å². The summed E-state index contributed by atoms with van der Waals surface area (Å²) in [5, 5.41) is 0. The van der Waals surface area contributed by atoms with Crippen molar-refractivity contribution < 1.29 is 17.6 Å². The first-order chi connectivity index (χ1) is 7.89. The van der Waals surface area contributed by atoms with E-state index in [4.69, 9.17) is 4.42 Å². The summed E-state index contributed by atoms with van der Waals surface area (Å²) >= 11 is 0. The molecule has 0 bridgehead atoms. The third-order valence-corrected chi connectivity index (χ3v) is 2.39. The molecule has 0 unspecified atom stereocenters. The molecule has 2 rings (SSSR count). The highest BCUT2D eigenvalue weighted by atomic mass is 19.4. The Balaban J connectivity index is 2.64. The maximum atomic E-state index is 12.8. The molecule has 1 heterocycles. The van der Waals surface area contributed by atoms with E-state index in [9.17, 15) is 13.2 Å². The Morgan fingerprint density at radius 3 is 2.29 bits per heavy atom. The van der Waals surface area contributed by atoms with Crippen LogP contribution in [0, 0.1) is 13.8 Å². The van der Waals surface area contributed by atoms with E-state index in [0.29, 0.717) is 11.7 Å². The van der Waals surface area contributed by atoms with Crippen molar-refractivity contribution >= 4 is 0 Å². The number of halogens is 3. The van der Waals surface area contributed by atoms with Crippen molar-refractivity contribution in [3.8, 4) is 11.3 Å². The van der Waals surface area contributed by atoms with Crippen LogP contribution in [0.1, 0.15) is 17.2 Å². The molecular formula is C12H10F3NO. The quantitative estimate of drug-likeness (QED) is 0.754. The third kappa shape index (κ3) is 2.18. The number of aryl methyl sites for hydroxylation is 2. The molecule has 90 valence electrons. The second-order valence-electron chi connectivity index (χ2n) is 3.68. The zero-order valence-corrected chi connectivity index (χ0v) is 9.30. The normalized spacial score (nSPS) is 11.8. The second kappa shape index (κ2) is 3.91. The molecule has 0 radical (unpaired) electrons. The van der Waals surface area contributed by atoms with E-state index in [1.54, 1.807) is 19.9 Å². The molecule has 5 heteroatoms. The minimum Gasteiger partial charge on any atom is -0.446 e. The molecule has 1 aromatic heterocycles. The van der Waals surface area contributed by atoms with Gasteiger partial charge >= 0.3 is 6.18 Å². The zero-order valence-electron chi connectivity index (χ0n) is 9.30. The molecule has 2 aromatic rings. The number of rotatable bonds is 1. The number of alkyl halides is 3. The number of hydrogen-bond donors (Lipinski definition) is 0. The Morgan fingerprint density at radius 1 is 1.12 bits per heavy atom. The highest BCUT2D eigenvalue weighted by molar-refractivity contribution is 5.66. The number of hydrogen-bond acceptors (Lipinski definition) is 2. The molecule has 0 amide bonds. The van der Waals surface area contributed by atoms with Crippen LogP contribution in [0.4, 0.5) is 13.2 Å². The summed E-state index contributed by atoms with van der Waals surface area (Å²) in [6, 6.07) is 5.34. The zero-order chi connectivity index (χ0) is 12.6. The number of nitrogens with zero attached hydrogens (tertiary/aromatic N) is 1. The fourth-order valence-corrected chi connectivity index (χ4v) is 1.72. The number of aromatic nitrogens is 1. The third-order valence-electron chi connectivity index (χ3n) is 2.39. The lowest BCUT2D eigenvalue weighted by molar-refractivity contribution is -0.137. The number of benzene rings is 1. The highest BCUT2D eigenvalue weighted by Gasteiger charge is 2.34.